The van der Waals surface area contributed by atoms with E-state index in [1.807, 2.05) is 6.92 Å². The Kier molecular flexibility index (Phi) is 7.25. The molecule has 0 fully saturated rings. The van der Waals surface area contributed by atoms with E-state index in [2.05, 4.69) is 76.3 Å². The van der Waals surface area contributed by atoms with Crippen LogP contribution in [0.4, 0.5) is 0 Å². The fourth-order valence-electron chi connectivity index (χ4n) is 2.19. The average molecular weight is 418 g/mol. The predicted octanol–water partition coefficient (Wildman–Crippen LogP) is 6.50. The molecule has 1 aromatic carbocycles. The van der Waals surface area contributed by atoms with Gasteiger partial charge in [0, 0.05) is 4.90 Å². The molecule has 0 N–H and O–H groups in total. The van der Waals surface area contributed by atoms with Gasteiger partial charge >= 0.3 is 0 Å². The summed E-state index contributed by atoms with van der Waals surface area (Å²) >= 11 is 3.64. The minimum absolute atomic E-state index is 0.0393. The molecule has 1 aromatic rings. The minimum atomic E-state index is 0.0393. The maximum atomic E-state index is 12.2. The van der Waals surface area contributed by atoms with Crippen LogP contribution < -0.4 is 0 Å². The number of alkyl halides is 1. The lowest BCUT2D eigenvalue weighted by atomic mass is 9.89. The molecule has 21 heavy (non-hydrogen) atoms. The third kappa shape index (κ3) is 4.98. The van der Waals surface area contributed by atoms with Gasteiger partial charge in [-0.05, 0) is 41.4 Å². The van der Waals surface area contributed by atoms with Crippen LogP contribution in [0.1, 0.15) is 82.9 Å². The second-order valence-electron chi connectivity index (χ2n) is 6.53. The molecule has 0 aliphatic heterocycles. The zero-order valence-corrected chi connectivity index (χ0v) is 17.1. The van der Waals surface area contributed by atoms with Gasteiger partial charge in [-0.25, -0.2) is 0 Å². The molecule has 0 radical (unpaired) electrons. The highest BCUT2D eigenvalue weighted by atomic mass is 127. The van der Waals surface area contributed by atoms with Crippen LogP contribution in [0, 0.1) is 0 Å². The first-order valence-electron chi connectivity index (χ1n) is 7.68. The van der Waals surface area contributed by atoms with Gasteiger partial charge < -0.3 is 0 Å². The normalized spacial score (nSPS) is 13.3. The van der Waals surface area contributed by atoms with Crippen LogP contribution in [0.15, 0.2) is 17.0 Å². The molecule has 0 saturated carbocycles. The summed E-state index contributed by atoms with van der Waals surface area (Å²) in [6.45, 7) is 15.3. The average Bonchev–Trinajstić information content (AvgIpc) is 2.37. The number of carbonyl (C=O) groups excluding carboxylic acids is 1. The first-order valence-corrected chi connectivity index (χ1v) is 9.74. The van der Waals surface area contributed by atoms with Crippen molar-refractivity contribution in [3.05, 3.63) is 28.8 Å². The Morgan fingerprint density at radius 2 is 1.33 bits per heavy atom. The molecule has 0 saturated heterocycles. The van der Waals surface area contributed by atoms with E-state index in [0.717, 1.165) is 0 Å². The highest BCUT2D eigenvalue weighted by Crippen LogP contribution is 2.39. The van der Waals surface area contributed by atoms with E-state index in [0.29, 0.717) is 17.8 Å². The molecule has 1 unspecified atom stereocenters. The zero-order valence-electron chi connectivity index (χ0n) is 14.2. The lowest BCUT2D eigenvalue weighted by Crippen LogP contribution is -2.08. The zero-order chi connectivity index (χ0) is 16.3. The van der Waals surface area contributed by atoms with Gasteiger partial charge in [0.05, 0.1) is 3.92 Å². The molecule has 1 nitrogen and oxygen atoms in total. The number of carbonyl (C=O) groups is 1. The topological polar surface area (TPSA) is 17.1 Å². The van der Waals surface area contributed by atoms with E-state index in [1.165, 1.54) is 33.3 Å². The van der Waals surface area contributed by atoms with E-state index in [-0.39, 0.29) is 9.04 Å². The second kappa shape index (κ2) is 8.00. The van der Waals surface area contributed by atoms with Crippen molar-refractivity contribution < 1.29 is 4.79 Å². The standard InChI is InChI=1S/C18H27IOS/c1-10(2)14-8-15(11(3)4)17(16(9-14)12(5)6)21-18(20)13(7)19/h8-13H,1-7H3. The summed E-state index contributed by atoms with van der Waals surface area (Å²) in [6, 6.07) is 4.60. The SMILES string of the molecule is CC(I)C(=O)Sc1c(C(C)C)cc(C(C)C)cc1C(C)C. The maximum Gasteiger partial charge on any atom is 0.206 e. The first kappa shape index (κ1) is 19.0. The molecule has 1 rings (SSSR count). The number of hydrogen-bond donors (Lipinski definition) is 0. The third-order valence-electron chi connectivity index (χ3n) is 3.61. The monoisotopic (exact) mass is 418 g/mol. The molecule has 0 bridgehead atoms. The van der Waals surface area contributed by atoms with E-state index in [9.17, 15) is 4.79 Å². The van der Waals surface area contributed by atoms with Crippen molar-refractivity contribution in [3.63, 3.8) is 0 Å². The van der Waals surface area contributed by atoms with E-state index in [1.54, 1.807) is 0 Å². The van der Waals surface area contributed by atoms with Crippen molar-refractivity contribution in [2.75, 3.05) is 0 Å². The predicted molar refractivity (Wildman–Crippen MR) is 103 cm³/mol. The molecule has 3 heteroatoms. The summed E-state index contributed by atoms with van der Waals surface area (Å²) in [6.07, 6.45) is 0. The van der Waals surface area contributed by atoms with Gasteiger partial charge in [0.2, 0.25) is 5.12 Å². The van der Waals surface area contributed by atoms with Crippen molar-refractivity contribution in [1.29, 1.82) is 0 Å². The Morgan fingerprint density at radius 1 is 0.905 bits per heavy atom. The molecular formula is C18H27IOS. The number of rotatable bonds is 5. The minimum Gasteiger partial charge on any atom is -0.286 e. The van der Waals surface area contributed by atoms with Gasteiger partial charge in [-0.1, -0.05) is 88.0 Å². The van der Waals surface area contributed by atoms with Gasteiger partial charge in [0.1, 0.15) is 0 Å². The molecule has 0 heterocycles. The summed E-state index contributed by atoms with van der Waals surface area (Å²) in [5, 5.41) is 0.247. The number of halogens is 1. The quantitative estimate of drug-likeness (QED) is 0.309. The third-order valence-corrected chi connectivity index (χ3v) is 5.83. The molecule has 0 spiro atoms. The molecule has 1 atom stereocenters. The van der Waals surface area contributed by atoms with Crippen LogP contribution in [-0.2, 0) is 4.79 Å². The maximum absolute atomic E-state index is 12.2. The Hall–Kier alpha value is -0.0300. The Labute approximate surface area is 147 Å². The summed E-state index contributed by atoms with van der Waals surface area (Å²) in [5.74, 6) is 1.38. The Bertz CT molecular complexity index is 475. The van der Waals surface area contributed by atoms with Gasteiger partial charge in [-0.2, -0.15) is 0 Å². The lowest BCUT2D eigenvalue weighted by Gasteiger charge is -2.22. The molecule has 0 aromatic heterocycles. The number of hydrogen-bond acceptors (Lipinski definition) is 2. The van der Waals surface area contributed by atoms with Crippen LogP contribution in [0.3, 0.4) is 0 Å². The van der Waals surface area contributed by atoms with Crippen molar-refractivity contribution >= 4 is 39.5 Å². The number of benzene rings is 1. The highest BCUT2D eigenvalue weighted by Gasteiger charge is 2.21. The molecule has 118 valence electrons. The molecular weight excluding hydrogens is 391 g/mol. The van der Waals surface area contributed by atoms with Crippen LogP contribution in [0.2, 0.25) is 0 Å². The van der Waals surface area contributed by atoms with Crippen molar-refractivity contribution in [3.8, 4) is 0 Å². The largest absolute Gasteiger partial charge is 0.286 e. The summed E-state index contributed by atoms with van der Waals surface area (Å²) < 4.78 is 0.0393. The van der Waals surface area contributed by atoms with Crippen molar-refractivity contribution in [1.82, 2.24) is 0 Å². The second-order valence-corrected chi connectivity index (χ2v) is 9.41. The van der Waals surface area contributed by atoms with Gasteiger partial charge in [0.25, 0.3) is 0 Å². The van der Waals surface area contributed by atoms with Crippen LogP contribution >= 0.6 is 34.4 Å². The Balaban J connectivity index is 3.46. The van der Waals surface area contributed by atoms with Crippen molar-refractivity contribution in [2.45, 2.75) is 75.0 Å². The summed E-state index contributed by atoms with van der Waals surface area (Å²) in [5.41, 5.74) is 4.02. The van der Waals surface area contributed by atoms with E-state index < -0.39 is 0 Å². The van der Waals surface area contributed by atoms with Crippen LogP contribution in [-0.4, -0.2) is 9.04 Å². The molecule has 0 amide bonds. The van der Waals surface area contributed by atoms with Crippen LogP contribution in [0.5, 0.6) is 0 Å². The molecule has 0 aliphatic rings. The van der Waals surface area contributed by atoms with Crippen LogP contribution in [0.25, 0.3) is 0 Å². The van der Waals surface area contributed by atoms with Gasteiger partial charge in [-0.3, -0.25) is 4.79 Å². The lowest BCUT2D eigenvalue weighted by molar-refractivity contribution is -0.110. The van der Waals surface area contributed by atoms with Crippen molar-refractivity contribution in [2.24, 2.45) is 0 Å². The van der Waals surface area contributed by atoms with Gasteiger partial charge in [-0.15, -0.1) is 0 Å². The fraction of sp³-hybridized carbons (Fsp3) is 0.611. The smallest absolute Gasteiger partial charge is 0.206 e. The highest BCUT2D eigenvalue weighted by molar-refractivity contribution is 14.1. The number of thioether (sulfide) groups is 1. The molecule has 0 aliphatic carbocycles. The first-order chi connectivity index (χ1) is 9.65. The van der Waals surface area contributed by atoms with E-state index >= 15 is 0 Å². The summed E-state index contributed by atoms with van der Waals surface area (Å²) in [7, 11) is 0. The van der Waals surface area contributed by atoms with Gasteiger partial charge in [0.15, 0.2) is 0 Å². The fourth-order valence-corrected chi connectivity index (χ4v) is 3.76. The summed E-state index contributed by atoms with van der Waals surface area (Å²) in [4.78, 5) is 13.4. The van der Waals surface area contributed by atoms with E-state index in [4.69, 9.17) is 0 Å². The Morgan fingerprint density at radius 3 is 1.62 bits per heavy atom.